The SMILES string of the molecule is C=C(C)/C=C\C(=C/C)c1ccc(N2c3cc4c(cc3[C@@H]3C=C5c6ccccc6S[C@@H]5CC32)-c2ccccc2C4(C)C)cc1. The Balaban J connectivity index is 1.28. The summed E-state index contributed by atoms with van der Waals surface area (Å²) < 4.78 is 0. The molecule has 0 bridgehead atoms. The summed E-state index contributed by atoms with van der Waals surface area (Å²) in [5, 5.41) is 0.501. The van der Waals surface area contributed by atoms with Crippen LogP contribution in [-0.4, -0.2) is 11.3 Å². The smallest absolute Gasteiger partial charge is 0.0460 e. The second-order valence-electron chi connectivity index (χ2n) is 13.0. The first-order valence-electron chi connectivity index (χ1n) is 15.5. The number of thioether (sulfide) groups is 1. The van der Waals surface area contributed by atoms with Gasteiger partial charge in [-0.1, -0.05) is 105 Å². The van der Waals surface area contributed by atoms with E-state index in [1.165, 1.54) is 66.4 Å². The van der Waals surface area contributed by atoms with Crippen LogP contribution in [0.25, 0.3) is 22.3 Å². The Morgan fingerprint density at radius 3 is 2.40 bits per heavy atom. The van der Waals surface area contributed by atoms with Crippen molar-refractivity contribution in [1.29, 1.82) is 0 Å². The van der Waals surface area contributed by atoms with Gasteiger partial charge in [0.15, 0.2) is 0 Å². The van der Waals surface area contributed by atoms with Crippen LogP contribution in [0.3, 0.4) is 0 Å². The first-order valence-corrected chi connectivity index (χ1v) is 16.4. The maximum Gasteiger partial charge on any atom is 0.0460 e. The van der Waals surface area contributed by atoms with Crippen molar-refractivity contribution in [2.75, 3.05) is 4.90 Å². The highest BCUT2D eigenvalue weighted by molar-refractivity contribution is 8.00. The number of anilines is 2. The van der Waals surface area contributed by atoms with E-state index in [1.807, 2.05) is 6.92 Å². The molecule has 212 valence electrons. The van der Waals surface area contributed by atoms with Crippen molar-refractivity contribution >= 4 is 34.3 Å². The van der Waals surface area contributed by atoms with Crippen LogP contribution in [0.15, 0.2) is 126 Å². The van der Waals surface area contributed by atoms with Gasteiger partial charge in [0.1, 0.15) is 0 Å². The first kappa shape index (κ1) is 26.6. The highest BCUT2D eigenvalue weighted by atomic mass is 32.2. The molecular weight excluding hydrogens is 539 g/mol. The topological polar surface area (TPSA) is 3.24 Å². The van der Waals surface area contributed by atoms with Crippen molar-refractivity contribution in [2.24, 2.45) is 0 Å². The molecule has 0 spiro atoms. The number of allylic oxidation sites excluding steroid dienone is 5. The van der Waals surface area contributed by atoms with Gasteiger partial charge < -0.3 is 4.90 Å². The number of rotatable bonds is 4. The lowest BCUT2D eigenvalue weighted by atomic mass is 9.80. The summed E-state index contributed by atoms with van der Waals surface area (Å²) in [6.45, 7) is 13.0. The molecule has 0 fully saturated rings. The van der Waals surface area contributed by atoms with Gasteiger partial charge in [-0.05, 0) is 101 Å². The van der Waals surface area contributed by atoms with E-state index in [0.29, 0.717) is 17.2 Å². The summed E-state index contributed by atoms with van der Waals surface area (Å²) in [6, 6.07) is 32.8. The van der Waals surface area contributed by atoms with Gasteiger partial charge in [-0.25, -0.2) is 0 Å². The lowest BCUT2D eigenvalue weighted by molar-refractivity contribution is 0.580. The van der Waals surface area contributed by atoms with Crippen LogP contribution in [0.1, 0.15) is 67.9 Å². The zero-order valence-corrected chi connectivity index (χ0v) is 26.2. The Hall–Kier alpha value is -4.01. The molecule has 4 aromatic carbocycles. The molecule has 2 heteroatoms. The molecule has 2 aliphatic carbocycles. The molecule has 43 heavy (non-hydrogen) atoms. The van der Waals surface area contributed by atoms with Crippen LogP contribution < -0.4 is 4.90 Å². The summed E-state index contributed by atoms with van der Waals surface area (Å²) in [4.78, 5) is 4.11. The molecular formula is C41H37NS. The van der Waals surface area contributed by atoms with E-state index in [-0.39, 0.29) is 5.41 Å². The van der Waals surface area contributed by atoms with Gasteiger partial charge in [0.05, 0.1) is 0 Å². The number of nitrogens with zero attached hydrogens (tertiary/aromatic N) is 1. The van der Waals surface area contributed by atoms with Crippen molar-refractivity contribution in [3.05, 3.63) is 149 Å². The van der Waals surface area contributed by atoms with Crippen LogP contribution in [0.4, 0.5) is 11.4 Å². The standard InChI is InChI=1S/C41H37NS/c1-6-26(16-15-25(2)3)27-17-19-28(20-18-27)42-37-23-36-31(29-11-7-9-13-35(29)41(36,4)5)21-32(37)33-22-34-30-12-8-10-14-39(30)43-40(34)24-38(33)42/h6-23,33,38,40H,2,24H2,1,3-5H3/b16-15-,26-6+/t33-,38?,40+/m0/s1. The quantitative estimate of drug-likeness (QED) is 0.223. The molecule has 0 aromatic heterocycles. The Morgan fingerprint density at radius 2 is 1.63 bits per heavy atom. The van der Waals surface area contributed by atoms with E-state index in [4.69, 9.17) is 0 Å². The van der Waals surface area contributed by atoms with Gasteiger partial charge in [0, 0.05) is 38.9 Å². The molecule has 3 atom stereocenters. The van der Waals surface area contributed by atoms with Gasteiger partial charge >= 0.3 is 0 Å². The second-order valence-corrected chi connectivity index (χ2v) is 14.3. The predicted octanol–water partition coefficient (Wildman–Crippen LogP) is 11.1. The maximum absolute atomic E-state index is 4.04. The minimum absolute atomic E-state index is 0.0234. The molecule has 4 aliphatic rings. The van der Waals surface area contributed by atoms with Gasteiger partial charge in [-0.15, -0.1) is 11.8 Å². The largest absolute Gasteiger partial charge is 0.337 e. The zero-order valence-electron chi connectivity index (χ0n) is 25.4. The molecule has 0 radical (unpaired) electrons. The summed E-state index contributed by atoms with van der Waals surface area (Å²) in [5.74, 6) is 0.360. The lowest BCUT2D eigenvalue weighted by Gasteiger charge is -2.35. The Morgan fingerprint density at radius 1 is 0.884 bits per heavy atom. The molecule has 2 aliphatic heterocycles. The van der Waals surface area contributed by atoms with Gasteiger partial charge in [0.2, 0.25) is 0 Å². The van der Waals surface area contributed by atoms with E-state index in [2.05, 4.69) is 153 Å². The van der Waals surface area contributed by atoms with Crippen molar-refractivity contribution in [2.45, 2.75) is 61.6 Å². The van der Waals surface area contributed by atoms with Crippen LogP contribution in [0.5, 0.6) is 0 Å². The van der Waals surface area contributed by atoms with Gasteiger partial charge in [0.25, 0.3) is 0 Å². The molecule has 0 amide bonds. The van der Waals surface area contributed by atoms with Crippen LogP contribution in [0.2, 0.25) is 0 Å². The minimum Gasteiger partial charge on any atom is -0.337 e. The Labute approximate surface area is 260 Å². The van der Waals surface area contributed by atoms with Crippen LogP contribution >= 0.6 is 11.8 Å². The number of hydrogen-bond acceptors (Lipinski definition) is 2. The normalized spacial score (nSPS) is 22.4. The van der Waals surface area contributed by atoms with E-state index in [1.54, 1.807) is 0 Å². The van der Waals surface area contributed by atoms with Crippen molar-refractivity contribution in [3.8, 4) is 11.1 Å². The second kappa shape index (κ2) is 9.76. The molecule has 0 saturated carbocycles. The summed E-state index contributed by atoms with van der Waals surface area (Å²) in [7, 11) is 0. The molecule has 8 rings (SSSR count). The van der Waals surface area contributed by atoms with Gasteiger partial charge in [-0.2, -0.15) is 0 Å². The Bertz CT molecular complexity index is 1900. The fraction of sp³-hybridized carbons (Fsp3) is 0.220. The number of fused-ring (bicyclic) bond motifs is 9. The minimum atomic E-state index is -0.0234. The van der Waals surface area contributed by atoms with E-state index < -0.39 is 0 Å². The number of benzene rings is 4. The third kappa shape index (κ3) is 3.99. The van der Waals surface area contributed by atoms with E-state index >= 15 is 0 Å². The van der Waals surface area contributed by atoms with Crippen molar-refractivity contribution < 1.29 is 0 Å². The van der Waals surface area contributed by atoms with E-state index in [0.717, 1.165) is 12.0 Å². The van der Waals surface area contributed by atoms with Crippen molar-refractivity contribution in [1.82, 2.24) is 0 Å². The van der Waals surface area contributed by atoms with E-state index in [9.17, 15) is 0 Å². The zero-order chi connectivity index (χ0) is 29.5. The first-order chi connectivity index (χ1) is 20.8. The molecule has 1 unspecified atom stereocenters. The molecule has 0 N–H and O–H groups in total. The molecule has 0 saturated heterocycles. The van der Waals surface area contributed by atoms with Crippen LogP contribution in [0, 0.1) is 0 Å². The monoisotopic (exact) mass is 575 g/mol. The van der Waals surface area contributed by atoms with Crippen molar-refractivity contribution in [3.63, 3.8) is 0 Å². The fourth-order valence-corrected chi connectivity index (χ4v) is 9.35. The third-order valence-electron chi connectivity index (χ3n) is 10.1. The fourth-order valence-electron chi connectivity index (χ4n) is 7.95. The summed E-state index contributed by atoms with van der Waals surface area (Å²) in [6.07, 6.45) is 10.2. The highest BCUT2D eigenvalue weighted by Crippen LogP contribution is 2.60. The average molecular weight is 576 g/mol. The third-order valence-corrected chi connectivity index (χ3v) is 11.4. The number of hydrogen-bond donors (Lipinski definition) is 0. The predicted molar refractivity (Wildman–Crippen MR) is 185 cm³/mol. The molecule has 2 heterocycles. The summed E-state index contributed by atoms with van der Waals surface area (Å²) >= 11 is 2.06. The highest BCUT2D eigenvalue weighted by Gasteiger charge is 2.47. The Kier molecular flexibility index (Phi) is 6.04. The summed E-state index contributed by atoms with van der Waals surface area (Å²) in [5.41, 5.74) is 16.3. The molecule has 1 nitrogen and oxygen atoms in total. The van der Waals surface area contributed by atoms with Gasteiger partial charge in [-0.3, -0.25) is 0 Å². The lowest BCUT2D eigenvalue weighted by Crippen LogP contribution is -2.35. The molecule has 4 aromatic rings. The average Bonchev–Trinajstić information content (AvgIpc) is 3.61. The maximum atomic E-state index is 4.04. The van der Waals surface area contributed by atoms with Crippen LogP contribution in [-0.2, 0) is 5.41 Å².